The first kappa shape index (κ1) is 13.8. The van der Waals surface area contributed by atoms with E-state index in [1.165, 1.54) is 36.4 Å². The highest BCUT2D eigenvalue weighted by atomic mass is 79.9. The van der Waals surface area contributed by atoms with E-state index in [2.05, 4.69) is 15.9 Å². The summed E-state index contributed by atoms with van der Waals surface area (Å²) in [6, 6.07) is 8.40. The molecule has 0 saturated carbocycles. The smallest absolute Gasteiger partial charge is 0.336 e. The molecule has 0 heterocycles. The Hall–Kier alpha value is -1.59. The van der Waals surface area contributed by atoms with Crippen LogP contribution in [0.4, 0.5) is 4.39 Å². The predicted octanol–water partition coefficient (Wildman–Crippen LogP) is 4.73. The van der Waals surface area contributed by atoms with Gasteiger partial charge >= 0.3 is 5.97 Å². The number of hydrogen-bond donors (Lipinski definition) is 1. The number of rotatable bonds is 3. The lowest BCUT2D eigenvalue weighted by Crippen LogP contribution is -1.97. The average molecular weight is 346 g/mol. The maximum atomic E-state index is 13.0. The summed E-state index contributed by atoms with van der Waals surface area (Å²) in [6.07, 6.45) is 0. The number of aromatic carboxylic acids is 1. The molecule has 0 saturated heterocycles. The molecule has 1 N–H and O–H groups in total. The highest BCUT2D eigenvalue weighted by molar-refractivity contribution is 9.10. The standard InChI is InChI=1S/C13H7BrClFO3/c14-10-5-7(1-3-9(10)13(17)18)19-8-2-4-12(16)11(15)6-8/h1-6H,(H,17,18). The van der Waals surface area contributed by atoms with Crippen molar-refractivity contribution in [1.29, 1.82) is 0 Å². The minimum absolute atomic E-state index is 0.0429. The van der Waals surface area contributed by atoms with Crippen molar-refractivity contribution < 1.29 is 19.0 Å². The van der Waals surface area contributed by atoms with E-state index in [1.807, 2.05) is 0 Å². The van der Waals surface area contributed by atoms with Crippen molar-refractivity contribution in [3.05, 3.63) is 57.3 Å². The van der Waals surface area contributed by atoms with Gasteiger partial charge in [0.15, 0.2) is 0 Å². The number of hydrogen-bond acceptors (Lipinski definition) is 2. The van der Waals surface area contributed by atoms with E-state index in [1.54, 1.807) is 0 Å². The Morgan fingerprint density at radius 1 is 1.21 bits per heavy atom. The zero-order valence-corrected chi connectivity index (χ0v) is 11.7. The van der Waals surface area contributed by atoms with E-state index in [9.17, 15) is 9.18 Å². The molecule has 2 rings (SSSR count). The molecule has 0 amide bonds. The fraction of sp³-hybridized carbons (Fsp3) is 0. The van der Waals surface area contributed by atoms with E-state index in [4.69, 9.17) is 21.4 Å². The molecule has 0 aliphatic heterocycles. The van der Waals surface area contributed by atoms with E-state index in [-0.39, 0.29) is 10.6 Å². The van der Waals surface area contributed by atoms with Gasteiger partial charge in [-0.15, -0.1) is 0 Å². The zero-order chi connectivity index (χ0) is 14.0. The van der Waals surface area contributed by atoms with E-state index < -0.39 is 11.8 Å². The number of carboxylic acids is 1. The Morgan fingerprint density at radius 3 is 2.42 bits per heavy atom. The molecule has 6 heteroatoms. The molecule has 0 spiro atoms. The van der Waals surface area contributed by atoms with Gasteiger partial charge in [0.2, 0.25) is 0 Å². The molecule has 98 valence electrons. The Bertz CT molecular complexity index is 646. The number of ether oxygens (including phenoxy) is 1. The Balaban J connectivity index is 2.26. The van der Waals surface area contributed by atoms with Gasteiger partial charge in [-0.25, -0.2) is 9.18 Å². The second-order valence-corrected chi connectivity index (χ2v) is 4.89. The zero-order valence-electron chi connectivity index (χ0n) is 9.36. The van der Waals surface area contributed by atoms with Gasteiger partial charge in [0, 0.05) is 10.5 Å². The van der Waals surface area contributed by atoms with Crippen LogP contribution in [0.25, 0.3) is 0 Å². The van der Waals surface area contributed by atoms with Crippen LogP contribution in [-0.4, -0.2) is 11.1 Å². The van der Waals surface area contributed by atoms with Crippen molar-refractivity contribution in [3.63, 3.8) is 0 Å². The highest BCUT2D eigenvalue weighted by Crippen LogP contribution is 2.29. The third kappa shape index (κ3) is 3.24. The SMILES string of the molecule is O=C(O)c1ccc(Oc2ccc(F)c(Cl)c2)cc1Br. The van der Waals surface area contributed by atoms with Gasteiger partial charge in [-0.1, -0.05) is 11.6 Å². The van der Waals surface area contributed by atoms with E-state index in [0.29, 0.717) is 16.0 Å². The predicted molar refractivity (Wildman–Crippen MR) is 72.6 cm³/mol. The Morgan fingerprint density at radius 2 is 1.84 bits per heavy atom. The summed E-state index contributed by atoms with van der Waals surface area (Å²) >= 11 is 8.78. The summed E-state index contributed by atoms with van der Waals surface area (Å²) in [5.74, 6) is -0.791. The molecule has 0 atom stereocenters. The van der Waals surface area contributed by atoms with Crippen LogP contribution in [0.15, 0.2) is 40.9 Å². The molecule has 0 bridgehead atoms. The van der Waals surface area contributed by atoms with E-state index in [0.717, 1.165) is 0 Å². The molecule has 3 nitrogen and oxygen atoms in total. The van der Waals surface area contributed by atoms with Crippen LogP contribution in [0.1, 0.15) is 10.4 Å². The first-order valence-corrected chi connectivity index (χ1v) is 6.30. The molecule has 0 unspecified atom stereocenters. The molecular weight excluding hydrogens is 338 g/mol. The van der Waals surface area contributed by atoms with Crippen LogP contribution in [-0.2, 0) is 0 Å². The third-order valence-corrected chi connectivity index (χ3v) is 3.24. The average Bonchev–Trinajstić information content (AvgIpc) is 2.33. The van der Waals surface area contributed by atoms with Gasteiger partial charge in [-0.3, -0.25) is 0 Å². The lowest BCUT2D eigenvalue weighted by Gasteiger charge is -2.08. The van der Waals surface area contributed by atoms with Crippen molar-refractivity contribution >= 4 is 33.5 Å². The fourth-order valence-electron chi connectivity index (χ4n) is 1.41. The van der Waals surface area contributed by atoms with Gasteiger partial charge in [0.25, 0.3) is 0 Å². The topological polar surface area (TPSA) is 46.5 Å². The summed E-state index contributed by atoms with van der Waals surface area (Å²) in [6.45, 7) is 0. The second kappa shape index (κ2) is 5.59. The van der Waals surface area contributed by atoms with Crippen LogP contribution in [0.3, 0.4) is 0 Å². The van der Waals surface area contributed by atoms with Crippen LogP contribution >= 0.6 is 27.5 Å². The molecule has 0 aliphatic rings. The molecule has 2 aromatic carbocycles. The number of benzene rings is 2. The van der Waals surface area contributed by atoms with Gasteiger partial charge in [0.05, 0.1) is 10.6 Å². The largest absolute Gasteiger partial charge is 0.478 e. The van der Waals surface area contributed by atoms with Crippen LogP contribution < -0.4 is 4.74 Å². The molecule has 0 aromatic heterocycles. The molecular formula is C13H7BrClFO3. The van der Waals surface area contributed by atoms with Crippen LogP contribution in [0, 0.1) is 5.82 Å². The molecule has 0 radical (unpaired) electrons. The van der Waals surface area contributed by atoms with Crippen LogP contribution in [0.2, 0.25) is 5.02 Å². The quantitative estimate of drug-likeness (QED) is 0.874. The van der Waals surface area contributed by atoms with Crippen molar-refractivity contribution in [2.45, 2.75) is 0 Å². The number of carboxylic acid groups (broad SMARTS) is 1. The molecule has 2 aromatic rings. The molecule has 0 aliphatic carbocycles. The normalized spacial score (nSPS) is 10.3. The lowest BCUT2D eigenvalue weighted by molar-refractivity contribution is 0.0696. The third-order valence-electron chi connectivity index (χ3n) is 2.30. The monoisotopic (exact) mass is 344 g/mol. The van der Waals surface area contributed by atoms with Crippen molar-refractivity contribution in [3.8, 4) is 11.5 Å². The van der Waals surface area contributed by atoms with E-state index >= 15 is 0 Å². The van der Waals surface area contributed by atoms with Gasteiger partial charge in [-0.05, 0) is 46.3 Å². The van der Waals surface area contributed by atoms with Crippen molar-refractivity contribution in [2.75, 3.05) is 0 Å². The summed E-state index contributed by atoms with van der Waals surface area (Å²) < 4.78 is 18.8. The Kier molecular flexibility index (Phi) is 4.07. The fourth-order valence-corrected chi connectivity index (χ4v) is 2.11. The Labute approximate surface area is 121 Å². The number of halogens is 3. The molecule has 0 fully saturated rings. The summed E-state index contributed by atoms with van der Waals surface area (Å²) in [5, 5.41) is 8.84. The summed E-state index contributed by atoms with van der Waals surface area (Å²) in [5.41, 5.74) is 0.129. The highest BCUT2D eigenvalue weighted by Gasteiger charge is 2.10. The second-order valence-electron chi connectivity index (χ2n) is 3.62. The van der Waals surface area contributed by atoms with Crippen LogP contribution in [0.5, 0.6) is 11.5 Å². The first-order chi connectivity index (χ1) is 8.97. The number of carbonyl (C=O) groups is 1. The maximum Gasteiger partial charge on any atom is 0.336 e. The van der Waals surface area contributed by atoms with Gasteiger partial charge < -0.3 is 9.84 Å². The lowest BCUT2D eigenvalue weighted by atomic mass is 10.2. The van der Waals surface area contributed by atoms with Crippen molar-refractivity contribution in [1.82, 2.24) is 0 Å². The first-order valence-electron chi connectivity index (χ1n) is 5.13. The van der Waals surface area contributed by atoms with Gasteiger partial charge in [-0.2, -0.15) is 0 Å². The minimum Gasteiger partial charge on any atom is -0.478 e. The molecule has 19 heavy (non-hydrogen) atoms. The minimum atomic E-state index is -1.04. The van der Waals surface area contributed by atoms with Crippen molar-refractivity contribution in [2.24, 2.45) is 0 Å². The van der Waals surface area contributed by atoms with Gasteiger partial charge in [0.1, 0.15) is 17.3 Å². The summed E-state index contributed by atoms with van der Waals surface area (Å²) in [4.78, 5) is 10.8. The summed E-state index contributed by atoms with van der Waals surface area (Å²) in [7, 11) is 0. The maximum absolute atomic E-state index is 13.0.